The first-order chi connectivity index (χ1) is 23.8. The van der Waals surface area contributed by atoms with Crippen molar-refractivity contribution in [2.45, 2.75) is 18.3 Å². The molecule has 1 spiro atoms. The number of fused-ring (bicyclic) bond motifs is 9. The SMILES string of the molecule is C1=CC2=C(CC1)C1(c3ccccc32)c2ccccc2N(c2ccccc2)c2cc(-c3nc(-c4ccccc4)nc4ccccc34)ccc21. The largest absolute Gasteiger partial charge is 0.310 e. The molecular weight excluding hydrogens is 583 g/mol. The molecule has 2 aliphatic carbocycles. The Hall–Kier alpha value is -6.06. The van der Waals surface area contributed by atoms with Gasteiger partial charge in [0.25, 0.3) is 0 Å². The summed E-state index contributed by atoms with van der Waals surface area (Å²) in [7, 11) is 0. The van der Waals surface area contributed by atoms with Gasteiger partial charge in [0.15, 0.2) is 5.82 Å². The highest BCUT2D eigenvalue weighted by molar-refractivity contribution is 6.00. The maximum absolute atomic E-state index is 5.27. The molecule has 0 N–H and O–H groups in total. The summed E-state index contributed by atoms with van der Waals surface area (Å²) in [4.78, 5) is 12.7. The normalized spacial score (nSPS) is 17.3. The molecule has 2 heterocycles. The number of anilines is 3. The third-order valence-corrected chi connectivity index (χ3v) is 10.4. The fourth-order valence-electron chi connectivity index (χ4n) is 8.44. The van der Waals surface area contributed by atoms with E-state index in [2.05, 4.69) is 151 Å². The Bertz CT molecular complexity index is 2460. The van der Waals surface area contributed by atoms with Gasteiger partial charge in [0.1, 0.15) is 0 Å². The zero-order valence-electron chi connectivity index (χ0n) is 26.3. The summed E-state index contributed by atoms with van der Waals surface area (Å²) in [5.74, 6) is 0.734. The van der Waals surface area contributed by atoms with Crippen LogP contribution in [0.1, 0.15) is 35.1 Å². The first-order valence-electron chi connectivity index (χ1n) is 16.7. The first kappa shape index (κ1) is 27.1. The molecule has 3 heteroatoms. The lowest BCUT2D eigenvalue weighted by molar-refractivity contribution is 0.687. The molecule has 0 amide bonds. The van der Waals surface area contributed by atoms with E-state index in [9.17, 15) is 0 Å². The van der Waals surface area contributed by atoms with Crippen LogP contribution in [-0.4, -0.2) is 9.97 Å². The molecule has 7 aromatic rings. The Morgan fingerprint density at radius 2 is 1.27 bits per heavy atom. The van der Waals surface area contributed by atoms with Crippen LogP contribution in [0, 0.1) is 0 Å². The van der Waals surface area contributed by atoms with Gasteiger partial charge in [-0.15, -0.1) is 0 Å². The predicted molar refractivity (Wildman–Crippen MR) is 197 cm³/mol. The van der Waals surface area contributed by atoms with E-state index in [0.717, 1.165) is 52.1 Å². The number of rotatable bonds is 3. The fraction of sp³-hybridized carbons (Fsp3) is 0.0667. The number of hydrogen-bond acceptors (Lipinski definition) is 3. The van der Waals surface area contributed by atoms with Gasteiger partial charge < -0.3 is 4.90 Å². The lowest BCUT2D eigenvalue weighted by atomic mass is 9.62. The highest BCUT2D eigenvalue weighted by atomic mass is 15.2. The van der Waals surface area contributed by atoms with E-state index in [1.165, 1.54) is 44.8 Å². The number of benzene rings is 6. The molecule has 0 fully saturated rings. The highest BCUT2D eigenvalue weighted by Crippen LogP contribution is 2.64. The minimum atomic E-state index is -0.393. The molecule has 0 saturated heterocycles. The maximum atomic E-state index is 5.27. The van der Waals surface area contributed by atoms with Crippen molar-refractivity contribution < 1.29 is 0 Å². The van der Waals surface area contributed by atoms with Gasteiger partial charge in [-0.1, -0.05) is 133 Å². The van der Waals surface area contributed by atoms with Crippen LogP contribution in [-0.2, 0) is 5.41 Å². The van der Waals surface area contributed by atoms with Gasteiger partial charge in [0.05, 0.1) is 28.0 Å². The molecule has 0 bridgehead atoms. The summed E-state index contributed by atoms with van der Waals surface area (Å²) in [5, 5.41) is 1.04. The summed E-state index contributed by atoms with van der Waals surface area (Å²) < 4.78 is 0. The lowest BCUT2D eigenvalue weighted by Crippen LogP contribution is -2.37. The van der Waals surface area contributed by atoms with Crippen molar-refractivity contribution >= 4 is 33.5 Å². The smallest absolute Gasteiger partial charge is 0.160 e. The first-order valence-corrected chi connectivity index (χ1v) is 16.7. The molecule has 0 radical (unpaired) electrons. The minimum absolute atomic E-state index is 0.393. The summed E-state index contributed by atoms with van der Waals surface area (Å²) in [5.41, 5.74) is 15.3. The van der Waals surface area contributed by atoms with Crippen molar-refractivity contribution in [1.82, 2.24) is 9.97 Å². The van der Waals surface area contributed by atoms with Crippen molar-refractivity contribution in [1.29, 1.82) is 0 Å². The zero-order valence-corrected chi connectivity index (χ0v) is 26.3. The Balaban J connectivity index is 1.30. The van der Waals surface area contributed by atoms with Crippen molar-refractivity contribution in [3.63, 3.8) is 0 Å². The van der Waals surface area contributed by atoms with E-state index in [4.69, 9.17) is 9.97 Å². The van der Waals surface area contributed by atoms with Gasteiger partial charge in [-0.3, -0.25) is 0 Å². The molecule has 10 rings (SSSR count). The molecule has 6 aromatic carbocycles. The molecule has 1 aliphatic heterocycles. The van der Waals surface area contributed by atoms with Crippen molar-refractivity contribution in [2.75, 3.05) is 4.90 Å². The van der Waals surface area contributed by atoms with Gasteiger partial charge in [-0.25, -0.2) is 9.97 Å². The van der Waals surface area contributed by atoms with Crippen LogP contribution in [0.25, 0.3) is 39.1 Å². The number of allylic oxidation sites excluding steroid dienone is 4. The zero-order chi connectivity index (χ0) is 31.7. The lowest BCUT2D eigenvalue weighted by Gasteiger charge is -2.46. The van der Waals surface area contributed by atoms with Crippen LogP contribution in [0.15, 0.2) is 169 Å². The maximum Gasteiger partial charge on any atom is 0.160 e. The third-order valence-electron chi connectivity index (χ3n) is 10.4. The third kappa shape index (κ3) is 3.76. The molecule has 3 nitrogen and oxygen atoms in total. The second-order valence-corrected chi connectivity index (χ2v) is 12.8. The van der Waals surface area contributed by atoms with Crippen molar-refractivity contribution in [3.05, 3.63) is 192 Å². The fourth-order valence-corrected chi connectivity index (χ4v) is 8.44. The molecule has 48 heavy (non-hydrogen) atoms. The number of hydrogen-bond donors (Lipinski definition) is 0. The number of nitrogens with zero attached hydrogens (tertiary/aromatic N) is 3. The van der Waals surface area contributed by atoms with Gasteiger partial charge in [-0.2, -0.15) is 0 Å². The average Bonchev–Trinajstić information content (AvgIpc) is 3.46. The van der Waals surface area contributed by atoms with Crippen LogP contribution < -0.4 is 4.90 Å². The van der Waals surface area contributed by atoms with Crippen LogP contribution in [0.2, 0.25) is 0 Å². The molecule has 1 unspecified atom stereocenters. The summed E-state index contributed by atoms with van der Waals surface area (Å²) in [6, 6.07) is 54.6. The monoisotopic (exact) mass is 613 g/mol. The summed E-state index contributed by atoms with van der Waals surface area (Å²) >= 11 is 0. The second-order valence-electron chi connectivity index (χ2n) is 12.8. The second kappa shape index (κ2) is 10.5. The van der Waals surface area contributed by atoms with Crippen LogP contribution >= 0.6 is 0 Å². The molecule has 1 aromatic heterocycles. The Morgan fingerprint density at radius 1 is 0.562 bits per heavy atom. The van der Waals surface area contributed by atoms with E-state index in [1.54, 1.807) is 0 Å². The topological polar surface area (TPSA) is 29.0 Å². The van der Waals surface area contributed by atoms with E-state index >= 15 is 0 Å². The van der Waals surface area contributed by atoms with E-state index in [1.807, 2.05) is 18.2 Å². The summed E-state index contributed by atoms with van der Waals surface area (Å²) in [6.45, 7) is 0. The van der Waals surface area contributed by atoms with Crippen LogP contribution in [0.4, 0.5) is 17.1 Å². The van der Waals surface area contributed by atoms with Crippen LogP contribution in [0.5, 0.6) is 0 Å². The molecule has 1 atom stereocenters. The van der Waals surface area contributed by atoms with E-state index in [0.29, 0.717) is 0 Å². The number of para-hydroxylation sites is 3. The Morgan fingerprint density at radius 3 is 2.15 bits per heavy atom. The Labute approximate surface area is 280 Å². The van der Waals surface area contributed by atoms with Crippen molar-refractivity contribution in [2.24, 2.45) is 0 Å². The highest BCUT2D eigenvalue weighted by Gasteiger charge is 2.52. The van der Waals surface area contributed by atoms with Crippen LogP contribution in [0.3, 0.4) is 0 Å². The average molecular weight is 614 g/mol. The van der Waals surface area contributed by atoms with Crippen molar-refractivity contribution in [3.8, 4) is 22.6 Å². The summed E-state index contributed by atoms with van der Waals surface area (Å²) in [6.07, 6.45) is 6.78. The number of aromatic nitrogens is 2. The Kier molecular flexibility index (Phi) is 5.91. The quantitative estimate of drug-likeness (QED) is 0.199. The van der Waals surface area contributed by atoms with Gasteiger partial charge in [-0.05, 0) is 76.6 Å². The predicted octanol–water partition coefficient (Wildman–Crippen LogP) is 11.2. The van der Waals surface area contributed by atoms with Gasteiger partial charge in [0, 0.05) is 22.2 Å². The molecule has 3 aliphatic rings. The standard InChI is InChI=1S/C45H31N3/c1-3-15-30(16-4-1)44-46-40-25-13-9-21-35(40)43(47-44)31-27-28-39-42(29-31)48(32-17-5-2-6-18-32)41-26-14-12-24-38(41)45(39)36-22-10-7-19-33(36)34-20-8-11-23-37(34)45/h1-10,12-22,24-29H,11,23H2. The van der Waals surface area contributed by atoms with Gasteiger partial charge >= 0.3 is 0 Å². The van der Waals surface area contributed by atoms with E-state index in [-0.39, 0.29) is 0 Å². The molecule has 226 valence electrons. The molecule has 0 saturated carbocycles. The van der Waals surface area contributed by atoms with Gasteiger partial charge in [0.2, 0.25) is 0 Å². The van der Waals surface area contributed by atoms with E-state index < -0.39 is 5.41 Å². The molecular formula is C45H31N3. The minimum Gasteiger partial charge on any atom is -0.310 e.